The molecule has 0 radical (unpaired) electrons. The van der Waals surface area contributed by atoms with Crippen molar-refractivity contribution < 1.29 is 4.79 Å². The Kier molecular flexibility index (Phi) is 5.35. The van der Waals surface area contributed by atoms with Gasteiger partial charge < -0.3 is 5.32 Å². The first-order valence-electron chi connectivity index (χ1n) is 7.48. The lowest BCUT2D eigenvalue weighted by atomic mass is 9.93. The third-order valence-electron chi connectivity index (χ3n) is 3.79. The van der Waals surface area contributed by atoms with Crippen LogP contribution in [0, 0.1) is 0 Å². The summed E-state index contributed by atoms with van der Waals surface area (Å²) in [4.78, 5) is 20.8. The molecule has 0 atom stereocenters. The van der Waals surface area contributed by atoms with E-state index >= 15 is 0 Å². The molecule has 2 heterocycles. The Morgan fingerprint density at radius 3 is 2.43 bits per heavy atom. The summed E-state index contributed by atoms with van der Waals surface area (Å²) in [6.07, 6.45) is 0. The second kappa shape index (κ2) is 6.85. The van der Waals surface area contributed by atoms with Crippen LogP contribution < -0.4 is 5.32 Å². The van der Waals surface area contributed by atoms with Crippen molar-refractivity contribution in [2.45, 2.75) is 32.7 Å². The number of carbonyl (C=O) groups excluding carboxylic acids is 1. The average Bonchev–Trinajstić information content (AvgIpc) is 2.89. The predicted octanol–water partition coefficient (Wildman–Crippen LogP) is 1.30. The topological polar surface area (TPSA) is 48.5 Å². The number of nitrogens with zero attached hydrogens (tertiary/aromatic N) is 3. The van der Waals surface area contributed by atoms with Crippen molar-refractivity contribution in [3.05, 3.63) is 16.1 Å². The number of nitrogens with one attached hydrogen (secondary N) is 1. The fraction of sp³-hybridized carbons (Fsp3) is 0.733. The molecule has 0 saturated carbocycles. The Balaban J connectivity index is 1.81. The number of amides is 1. The Hall–Kier alpha value is -0.980. The Morgan fingerprint density at radius 2 is 1.90 bits per heavy atom. The van der Waals surface area contributed by atoms with Crippen molar-refractivity contribution >= 4 is 17.2 Å². The van der Waals surface area contributed by atoms with Crippen LogP contribution in [0.5, 0.6) is 0 Å². The molecule has 0 bridgehead atoms. The number of piperazine rings is 1. The summed E-state index contributed by atoms with van der Waals surface area (Å²) in [5, 5.41) is 6.05. The van der Waals surface area contributed by atoms with Crippen LogP contribution >= 0.6 is 11.3 Å². The molecule has 1 saturated heterocycles. The highest BCUT2D eigenvalue weighted by atomic mass is 32.1. The third kappa shape index (κ3) is 4.76. The van der Waals surface area contributed by atoms with Crippen LogP contribution in [0.3, 0.4) is 0 Å². The van der Waals surface area contributed by atoms with E-state index in [1.54, 1.807) is 18.4 Å². The van der Waals surface area contributed by atoms with Gasteiger partial charge in [-0.25, -0.2) is 4.98 Å². The van der Waals surface area contributed by atoms with E-state index in [0.717, 1.165) is 32.7 Å². The van der Waals surface area contributed by atoms with Gasteiger partial charge in [0.15, 0.2) is 0 Å². The zero-order chi connectivity index (χ0) is 15.5. The van der Waals surface area contributed by atoms with Gasteiger partial charge in [-0.3, -0.25) is 14.6 Å². The van der Waals surface area contributed by atoms with Gasteiger partial charge in [-0.05, 0) is 0 Å². The number of aromatic nitrogens is 1. The van der Waals surface area contributed by atoms with Crippen molar-refractivity contribution in [3.63, 3.8) is 0 Å². The van der Waals surface area contributed by atoms with Gasteiger partial charge in [0, 0.05) is 44.0 Å². The zero-order valence-electron chi connectivity index (χ0n) is 13.5. The number of likely N-dealkylation sites (N-methyl/N-ethyl adjacent to an activating group) is 1. The smallest absolute Gasteiger partial charge is 0.233 e. The number of thiazole rings is 1. The van der Waals surface area contributed by atoms with Crippen molar-refractivity contribution in [1.82, 2.24) is 20.1 Å². The van der Waals surface area contributed by atoms with E-state index < -0.39 is 0 Å². The Labute approximate surface area is 131 Å². The monoisotopic (exact) mass is 310 g/mol. The Morgan fingerprint density at radius 1 is 1.29 bits per heavy atom. The normalized spacial score (nSPS) is 17.9. The minimum atomic E-state index is 0.0955. The van der Waals surface area contributed by atoms with E-state index in [4.69, 9.17) is 4.98 Å². The predicted molar refractivity (Wildman–Crippen MR) is 86.6 cm³/mol. The SMILES string of the molecule is CNC(=O)CN1CCN(Cc2nc(C(C)(C)C)cs2)CC1. The maximum Gasteiger partial charge on any atom is 0.233 e. The minimum Gasteiger partial charge on any atom is -0.358 e. The maximum absolute atomic E-state index is 11.4. The van der Waals surface area contributed by atoms with E-state index in [1.807, 2.05) is 0 Å². The number of hydrogen-bond acceptors (Lipinski definition) is 5. The number of carbonyl (C=O) groups is 1. The van der Waals surface area contributed by atoms with Gasteiger partial charge in [-0.1, -0.05) is 20.8 Å². The summed E-state index contributed by atoms with van der Waals surface area (Å²) in [7, 11) is 1.69. The van der Waals surface area contributed by atoms with E-state index in [2.05, 4.69) is 41.3 Å². The van der Waals surface area contributed by atoms with Crippen LogP contribution in [0.15, 0.2) is 5.38 Å². The van der Waals surface area contributed by atoms with E-state index in [-0.39, 0.29) is 11.3 Å². The van der Waals surface area contributed by atoms with Gasteiger partial charge in [0.25, 0.3) is 0 Å². The highest BCUT2D eigenvalue weighted by molar-refractivity contribution is 7.09. The van der Waals surface area contributed by atoms with E-state index in [0.29, 0.717) is 6.54 Å². The van der Waals surface area contributed by atoms with Gasteiger partial charge in [-0.15, -0.1) is 11.3 Å². The summed E-state index contributed by atoms with van der Waals surface area (Å²) in [5.41, 5.74) is 1.31. The Bertz CT molecular complexity index is 472. The summed E-state index contributed by atoms with van der Waals surface area (Å²) >= 11 is 1.75. The fourth-order valence-electron chi connectivity index (χ4n) is 2.31. The van der Waals surface area contributed by atoms with Crippen LogP contribution in [0.4, 0.5) is 0 Å². The standard InChI is InChI=1S/C15H26N4OS/c1-15(2,3)12-11-21-14(17-12)10-19-7-5-18(6-8-19)9-13(20)16-4/h11H,5-10H2,1-4H3,(H,16,20). The quantitative estimate of drug-likeness (QED) is 0.911. The molecule has 2 rings (SSSR count). The first kappa shape index (κ1) is 16.4. The molecule has 0 spiro atoms. The lowest BCUT2D eigenvalue weighted by Crippen LogP contribution is -2.48. The zero-order valence-corrected chi connectivity index (χ0v) is 14.3. The molecular weight excluding hydrogens is 284 g/mol. The molecule has 0 aromatic carbocycles. The molecular formula is C15H26N4OS. The molecule has 1 aromatic rings. The first-order valence-corrected chi connectivity index (χ1v) is 8.36. The van der Waals surface area contributed by atoms with E-state index in [1.165, 1.54) is 10.7 Å². The highest BCUT2D eigenvalue weighted by Crippen LogP contribution is 2.24. The molecule has 0 aliphatic carbocycles. The van der Waals surface area contributed by atoms with Crippen LogP contribution in [0.25, 0.3) is 0 Å². The number of rotatable bonds is 4. The third-order valence-corrected chi connectivity index (χ3v) is 4.62. The van der Waals surface area contributed by atoms with Gasteiger partial charge in [0.05, 0.1) is 18.8 Å². The van der Waals surface area contributed by atoms with Gasteiger partial charge in [0.1, 0.15) is 5.01 Å². The second-order valence-electron chi connectivity index (χ2n) is 6.60. The van der Waals surface area contributed by atoms with Crippen LogP contribution in [0.2, 0.25) is 0 Å². The second-order valence-corrected chi connectivity index (χ2v) is 7.54. The molecule has 118 valence electrons. The first-order chi connectivity index (χ1) is 9.88. The number of hydrogen-bond donors (Lipinski definition) is 1. The van der Waals surface area contributed by atoms with Crippen molar-refractivity contribution in [1.29, 1.82) is 0 Å². The molecule has 1 N–H and O–H groups in total. The average molecular weight is 310 g/mol. The minimum absolute atomic E-state index is 0.0955. The summed E-state index contributed by atoms with van der Waals surface area (Å²) in [6.45, 7) is 11.9. The molecule has 1 fully saturated rings. The largest absolute Gasteiger partial charge is 0.358 e. The molecule has 0 unspecified atom stereocenters. The van der Waals surface area contributed by atoms with Crippen LogP contribution in [-0.4, -0.2) is 60.5 Å². The summed E-state index contributed by atoms with van der Waals surface area (Å²) in [6, 6.07) is 0. The molecule has 1 aliphatic rings. The molecule has 1 aliphatic heterocycles. The van der Waals surface area contributed by atoms with Crippen molar-refractivity contribution in [3.8, 4) is 0 Å². The molecule has 1 amide bonds. The maximum atomic E-state index is 11.4. The van der Waals surface area contributed by atoms with Crippen molar-refractivity contribution in [2.24, 2.45) is 0 Å². The van der Waals surface area contributed by atoms with Crippen LogP contribution in [-0.2, 0) is 16.8 Å². The highest BCUT2D eigenvalue weighted by Gasteiger charge is 2.21. The van der Waals surface area contributed by atoms with Gasteiger partial charge in [0.2, 0.25) is 5.91 Å². The molecule has 1 aromatic heterocycles. The van der Waals surface area contributed by atoms with Gasteiger partial charge in [-0.2, -0.15) is 0 Å². The molecule has 21 heavy (non-hydrogen) atoms. The summed E-state index contributed by atoms with van der Waals surface area (Å²) in [5.74, 6) is 0.0955. The fourth-order valence-corrected chi connectivity index (χ4v) is 3.37. The summed E-state index contributed by atoms with van der Waals surface area (Å²) < 4.78 is 0. The van der Waals surface area contributed by atoms with Crippen LogP contribution in [0.1, 0.15) is 31.5 Å². The molecule has 6 heteroatoms. The van der Waals surface area contributed by atoms with E-state index in [9.17, 15) is 4.79 Å². The lowest BCUT2D eigenvalue weighted by molar-refractivity contribution is -0.122. The van der Waals surface area contributed by atoms with Crippen molar-refractivity contribution in [2.75, 3.05) is 39.8 Å². The lowest BCUT2D eigenvalue weighted by Gasteiger charge is -2.33. The van der Waals surface area contributed by atoms with Gasteiger partial charge >= 0.3 is 0 Å². The molecule has 5 nitrogen and oxygen atoms in total.